The summed E-state index contributed by atoms with van der Waals surface area (Å²) in [6.45, 7) is 6.46. The lowest BCUT2D eigenvalue weighted by Gasteiger charge is -2.31. The molecular weight excluding hydrogens is 433 g/mol. The quantitative estimate of drug-likeness (QED) is 0.426. The molecule has 2 aromatic carbocycles. The number of hydrogen-bond donors (Lipinski definition) is 0. The summed E-state index contributed by atoms with van der Waals surface area (Å²) in [6, 6.07) is 14.8. The van der Waals surface area contributed by atoms with E-state index in [2.05, 4.69) is 22.1 Å². The predicted octanol–water partition coefficient (Wildman–Crippen LogP) is 4.86. The van der Waals surface area contributed by atoms with Crippen molar-refractivity contribution in [1.29, 1.82) is 0 Å². The number of rotatable bonds is 10. The van der Waals surface area contributed by atoms with E-state index in [4.69, 9.17) is 14.2 Å². The predicted molar refractivity (Wildman–Crippen MR) is 130 cm³/mol. The maximum Gasteiger partial charge on any atom is 0.165 e. The van der Waals surface area contributed by atoms with Gasteiger partial charge in [-0.15, -0.1) is 0 Å². The van der Waals surface area contributed by atoms with Crippen LogP contribution in [0.15, 0.2) is 60.9 Å². The van der Waals surface area contributed by atoms with E-state index in [1.807, 2.05) is 36.1 Å². The van der Waals surface area contributed by atoms with Gasteiger partial charge < -0.3 is 14.2 Å². The minimum absolute atomic E-state index is 0.280. The number of aryl methyl sites for hydroxylation is 1. The van der Waals surface area contributed by atoms with Crippen molar-refractivity contribution >= 4 is 0 Å². The van der Waals surface area contributed by atoms with E-state index in [0.717, 1.165) is 56.8 Å². The molecule has 7 heteroatoms. The van der Waals surface area contributed by atoms with Crippen LogP contribution in [0.5, 0.6) is 11.5 Å². The lowest BCUT2D eigenvalue weighted by molar-refractivity contribution is -0.0548. The topological polar surface area (TPSA) is 48.8 Å². The van der Waals surface area contributed by atoms with E-state index < -0.39 is 5.60 Å². The van der Waals surface area contributed by atoms with Gasteiger partial charge in [0.05, 0.1) is 12.7 Å². The average Bonchev–Trinajstić information content (AvgIpc) is 3.16. The largest absolute Gasteiger partial charge is 0.492 e. The maximum atomic E-state index is 13.9. The van der Waals surface area contributed by atoms with Crippen molar-refractivity contribution in [1.82, 2.24) is 14.7 Å². The van der Waals surface area contributed by atoms with Crippen molar-refractivity contribution in [3.63, 3.8) is 0 Å². The summed E-state index contributed by atoms with van der Waals surface area (Å²) in [7, 11) is 1.73. The first kappa shape index (κ1) is 24.2. The van der Waals surface area contributed by atoms with Gasteiger partial charge in [-0.25, -0.2) is 4.39 Å². The molecule has 0 bridgehead atoms. The third kappa shape index (κ3) is 6.58. The lowest BCUT2D eigenvalue weighted by Crippen LogP contribution is -2.39. The van der Waals surface area contributed by atoms with Gasteiger partial charge in [-0.1, -0.05) is 24.3 Å². The Bertz CT molecular complexity index is 1040. The molecule has 0 unspecified atom stereocenters. The van der Waals surface area contributed by atoms with Gasteiger partial charge in [0.1, 0.15) is 24.6 Å². The van der Waals surface area contributed by atoms with Gasteiger partial charge >= 0.3 is 0 Å². The molecule has 1 saturated heterocycles. The van der Waals surface area contributed by atoms with E-state index in [9.17, 15) is 4.39 Å². The maximum absolute atomic E-state index is 13.9. The van der Waals surface area contributed by atoms with Crippen molar-refractivity contribution in [2.45, 2.75) is 44.9 Å². The molecule has 4 rings (SSSR count). The molecule has 0 N–H and O–H groups in total. The zero-order chi connectivity index (χ0) is 23.8. The third-order valence-corrected chi connectivity index (χ3v) is 6.43. The first-order valence-corrected chi connectivity index (χ1v) is 11.9. The van der Waals surface area contributed by atoms with E-state index in [1.165, 1.54) is 11.6 Å². The second-order valence-corrected chi connectivity index (χ2v) is 9.01. The van der Waals surface area contributed by atoms with Gasteiger partial charge in [0.2, 0.25) is 0 Å². The highest BCUT2D eigenvalue weighted by Crippen LogP contribution is 2.29. The van der Waals surface area contributed by atoms with Gasteiger partial charge in [-0.3, -0.25) is 9.58 Å². The highest BCUT2D eigenvalue weighted by molar-refractivity contribution is 5.27. The van der Waals surface area contributed by atoms with Crippen molar-refractivity contribution in [2.24, 2.45) is 0 Å². The first-order chi connectivity index (χ1) is 16.5. The minimum Gasteiger partial charge on any atom is -0.492 e. The summed E-state index contributed by atoms with van der Waals surface area (Å²) in [6.07, 6.45) is 6.59. The molecule has 182 valence electrons. The van der Waals surface area contributed by atoms with Crippen molar-refractivity contribution in [3.8, 4) is 11.5 Å². The van der Waals surface area contributed by atoms with Gasteiger partial charge in [-0.2, -0.15) is 5.10 Å². The molecule has 1 atom stereocenters. The highest BCUT2D eigenvalue weighted by atomic mass is 19.1. The van der Waals surface area contributed by atoms with Gasteiger partial charge in [0.15, 0.2) is 11.6 Å². The Morgan fingerprint density at radius 3 is 2.59 bits per heavy atom. The molecular formula is C27H34FN3O3. The molecule has 6 nitrogen and oxygen atoms in total. The van der Waals surface area contributed by atoms with Gasteiger partial charge in [0, 0.05) is 26.4 Å². The number of hydrogen-bond acceptors (Lipinski definition) is 5. The summed E-state index contributed by atoms with van der Waals surface area (Å²) in [5.74, 6) is 0.808. The van der Waals surface area contributed by atoms with Crippen molar-refractivity contribution in [2.75, 3.05) is 33.4 Å². The van der Waals surface area contributed by atoms with E-state index in [0.29, 0.717) is 13.2 Å². The SMILES string of the molecule is CO[C@]1(COc2ccccc2F)CCCN(Cc2ccc(OCCn3cc(C)cn3)cc2)CC1. The average molecular weight is 468 g/mol. The number of halogens is 1. The number of likely N-dealkylation sites (tertiary alicyclic amines) is 1. The number of methoxy groups -OCH3 is 1. The summed E-state index contributed by atoms with van der Waals surface area (Å²) in [4.78, 5) is 2.44. The Hall–Kier alpha value is -2.90. The smallest absolute Gasteiger partial charge is 0.165 e. The fraction of sp³-hybridized carbons (Fsp3) is 0.444. The Morgan fingerprint density at radius 2 is 1.85 bits per heavy atom. The number of nitrogens with zero attached hydrogens (tertiary/aromatic N) is 3. The molecule has 0 spiro atoms. The van der Waals surface area contributed by atoms with Crippen molar-refractivity contribution in [3.05, 3.63) is 77.9 Å². The second-order valence-electron chi connectivity index (χ2n) is 9.01. The fourth-order valence-electron chi connectivity index (χ4n) is 4.36. The van der Waals surface area contributed by atoms with E-state index in [-0.39, 0.29) is 11.6 Å². The highest BCUT2D eigenvalue weighted by Gasteiger charge is 2.33. The number of benzene rings is 2. The zero-order valence-electron chi connectivity index (χ0n) is 20.1. The van der Waals surface area contributed by atoms with Crippen LogP contribution in [0.25, 0.3) is 0 Å². The molecule has 0 aliphatic carbocycles. The van der Waals surface area contributed by atoms with E-state index >= 15 is 0 Å². The van der Waals surface area contributed by atoms with Crippen LogP contribution in [-0.2, 0) is 17.8 Å². The minimum atomic E-state index is -0.401. The number of ether oxygens (including phenoxy) is 3. The molecule has 1 aromatic heterocycles. The normalized spacial score (nSPS) is 19.0. The molecule has 0 amide bonds. The summed E-state index contributed by atoms with van der Waals surface area (Å²) in [5, 5.41) is 4.28. The fourth-order valence-corrected chi connectivity index (χ4v) is 4.36. The Morgan fingerprint density at radius 1 is 1.03 bits per heavy atom. The molecule has 1 aliphatic heterocycles. The van der Waals surface area contributed by atoms with Crippen LogP contribution in [0.1, 0.15) is 30.4 Å². The molecule has 1 aliphatic rings. The lowest BCUT2D eigenvalue weighted by atomic mass is 9.95. The second kappa shape index (κ2) is 11.5. The standard InChI is InChI=1S/C27H34FN3O3/c1-22-18-29-31(19-22)16-17-33-24-10-8-23(9-11-24)20-30-14-5-12-27(32-2,13-15-30)21-34-26-7-4-3-6-25(26)28/h3-4,6-11,18-19H,5,12-17,20-21H2,1-2H3/t27-/m1/s1. The molecule has 2 heterocycles. The van der Waals surface area contributed by atoms with Crippen LogP contribution in [0, 0.1) is 12.7 Å². The Labute approximate surface area is 201 Å². The van der Waals surface area contributed by atoms with Crippen LogP contribution in [0.2, 0.25) is 0 Å². The van der Waals surface area contributed by atoms with Crippen LogP contribution >= 0.6 is 0 Å². The zero-order valence-corrected chi connectivity index (χ0v) is 20.1. The third-order valence-electron chi connectivity index (χ3n) is 6.43. The molecule has 0 radical (unpaired) electrons. The molecule has 1 fully saturated rings. The van der Waals surface area contributed by atoms with E-state index in [1.54, 1.807) is 25.3 Å². The molecule has 0 saturated carbocycles. The first-order valence-electron chi connectivity index (χ1n) is 11.9. The number of aromatic nitrogens is 2. The van der Waals surface area contributed by atoms with Gasteiger partial charge in [-0.05, 0) is 68.1 Å². The monoisotopic (exact) mass is 467 g/mol. The van der Waals surface area contributed by atoms with Crippen LogP contribution in [-0.4, -0.2) is 53.7 Å². The van der Waals surface area contributed by atoms with Gasteiger partial charge in [0.25, 0.3) is 0 Å². The molecule has 34 heavy (non-hydrogen) atoms. The summed E-state index contributed by atoms with van der Waals surface area (Å²) >= 11 is 0. The summed E-state index contributed by atoms with van der Waals surface area (Å²) < 4.78 is 33.4. The van der Waals surface area contributed by atoms with Crippen LogP contribution in [0.3, 0.4) is 0 Å². The number of para-hydroxylation sites is 1. The van der Waals surface area contributed by atoms with Crippen LogP contribution < -0.4 is 9.47 Å². The molecule has 3 aromatic rings. The Balaban J connectivity index is 1.25. The van der Waals surface area contributed by atoms with Crippen LogP contribution in [0.4, 0.5) is 4.39 Å². The van der Waals surface area contributed by atoms with Crippen molar-refractivity contribution < 1.29 is 18.6 Å². The Kier molecular flexibility index (Phi) is 8.19. The summed E-state index contributed by atoms with van der Waals surface area (Å²) in [5.41, 5.74) is 2.00.